The van der Waals surface area contributed by atoms with Gasteiger partial charge in [0.2, 0.25) is 5.91 Å². The molecular formula is C28H33N3O8. The number of carboxylic acid groups (broad SMARTS) is 2. The van der Waals surface area contributed by atoms with Gasteiger partial charge in [0.05, 0.1) is 11.1 Å². The van der Waals surface area contributed by atoms with Crippen LogP contribution in [0.4, 0.5) is 0 Å². The quantitative estimate of drug-likeness (QED) is 0.324. The molecule has 3 atom stereocenters. The summed E-state index contributed by atoms with van der Waals surface area (Å²) >= 11 is 0. The Kier molecular flexibility index (Phi) is 8.33. The van der Waals surface area contributed by atoms with E-state index in [-0.39, 0.29) is 28.5 Å². The van der Waals surface area contributed by atoms with Gasteiger partial charge in [-0.1, -0.05) is 52.0 Å². The van der Waals surface area contributed by atoms with E-state index in [1.165, 1.54) is 26.0 Å². The van der Waals surface area contributed by atoms with Crippen LogP contribution in [0.3, 0.4) is 0 Å². The fourth-order valence-electron chi connectivity index (χ4n) is 4.36. The van der Waals surface area contributed by atoms with Crippen molar-refractivity contribution >= 4 is 29.7 Å². The second-order valence-corrected chi connectivity index (χ2v) is 10.4. The average Bonchev–Trinajstić information content (AvgIpc) is 2.85. The first-order valence-corrected chi connectivity index (χ1v) is 12.5. The van der Waals surface area contributed by atoms with E-state index >= 15 is 0 Å². The van der Waals surface area contributed by atoms with E-state index in [2.05, 4.69) is 16.0 Å². The van der Waals surface area contributed by atoms with Gasteiger partial charge < -0.3 is 30.9 Å². The van der Waals surface area contributed by atoms with E-state index in [1.807, 2.05) is 13.8 Å². The molecule has 2 aromatic carbocycles. The number of ether oxygens (including phenoxy) is 1. The minimum absolute atomic E-state index is 0.109. The lowest BCUT2D eigenvalue weighted by Crippen LogP contribution is -2.49. The van der Waals surface area contributed by atoms with E-state index < -0.39 is 53.2 Å². The van der Waals surface area contributed by atoms with Crippen LogP contribution in [0.1, 0.15) is 73.4 Å². The molecule has 5 N–H and O–H groups in total. The molecule has 2 aromatic rings. The number of carbonyl (C=O) groups excluding carboxylic acids is 3. The average molecular weight is 540 g/mol. The Balaban J connectivity index is 1.97. The summed E-state index contributed by atoms with van der Waals surface area (Å²) in [7, 11) is 0. The maximum atomic E-state index is 13.3. The number of carbonyl (C=O) groups is 5. The summed E-state index contributed by atoms with van der Waals surface area (Å²) in [6.07, 6.45) is 0. The van der Waals surface area contributed by atoms with Gasteiger partial charge in [0.1, 0.15) is 29.6 Å². The number of hydrogen-bond donors (Lipinski definition) is 5. The molecule has 0 aromatic heterocycles. The Morgan fingerprint density at radius 1 is 0.718 bits per heavy atom. The van der Waals surface area contributed by atoms with Crippen LogP contribution in [0.15, 0.2) is 36.4 Å². The topological polar surface area (TPSA) is 171 Å². The molecule has 0 aliphatic carbocycles. The molecular weight excluding hydrogens is 506 g/mol. The summed E-state index contributed by atoms with van der Waals surface area (Å²) < 4.78 is 6.21. The first-order valence-electron chi connectivity index (χ1n) is 12.5. The van der Waals surface area contributed by atoms with E-state index in [9.17, 15) is 29.1 Å². The van der Waals surface area contributed by atoms with Gasteiger partial charge in [-0.3, -0.25) is 19.2 Å². The van der Waals surface area contributed by atoms with Crippen LogP contribution in [0.2, 0.25) is 0 Å². The van der Waals surface area contributed by atoms with Crippen molar-refractivity contribution in [2.75, 3.05) is 0 Å². The molecule has 1 heterocycles. The predicted octanol–water partition coefficient (Wildman–Crippen LogP) is 2.66. The van der Waals surface area contributed by atoms with E-state index in [0.717, 1.165) is 0 Å². The van der Waals surface area contributed by atoms with Crippen molar-refractivity contribution < 1.29 is 38.9 Å². The third kappa shape index (κ3) is 5.87. The fraction of sp³-hybridized carbons (Fsp3) is 0.393. The van der Waals surface area contributed by atoms with Crippen molar-refractivity contribution in [2.24, 2.45) is 5.92 Å². The summed E-state index contributed by atoms with van der Waals surface area (Å²) in [6.45, 7) is 9.92. The highest BCUT2D eigenvalue weighted by molar-refractivity contribution is 6.02. The highest BCUT2D eigenvalue weighted by Gasteiger charge is 2.39. The van der Waals surface area contributed by atoms with Crippen LogP contribution in [0.25, 0.3) is 0 Å². The lowest BCUT2D eigenvalue weighted by molar-refractivity contribution is -0.141. The molecule has 0 unspecified atom stereocenters. The zero-order valence-corrected chi connectivity index (χ0v) is 22.6. The van der Waals surface area contributed by atoms with Gasteiger partial charge in [-0.05, 0) is 31.9 Å². The van der Waals surface area contributed by atoms with E-state index in [4.69, 9.17) is 9.84 Å². The van der Waals surface area contributed by atoms with Crippen LogP contribution >= 0.6 is 0 Å². The molecule has 0 fully saturated rings. The zero-order chi connectivity index (χ0) is 29.2. The van der Waals surface area contributed by atoms with Crippen LogP contribution in [0, 0.1) is 5.92 Å². The van der Waals surface area contributed by atoms with Gasteiger partial charge in [-0.15, -0.1) is 0 Å². The van der Waals surface area contributed by atoms with Crippen LogP contribution in [-0.4, -0.2) is 58.0 Å². The molecule has 0 bridgehead atoms. The van der Waals surface area contributed by atoms with Crippen molar-refractivity contribution in [3.63, 3.8) is 0 Å². The monoisotopic (exact) mass is 539 g/mol. The minimum atomic E-state index is -1.21. The number of fused-ring (bicyclic) bond motifs is 2. The maximum Gasteiger partial charge on any atom is 0.326 e. The summed E-state index contributed by atoms with van der Waals surface area (Å²) in [5.74, 6) is -4.29. The maximum absolute atomic E-state index is 13.3. The molecule has 208 valence electrons. The zero-order valence-electron chi connectivity index (χ0n) is 22.6. The number of amides is 3. The summed E-state index contributed by atoms with van der Waals surface area (Å²) in [6, 6.07) is 6.69. The van der Waals surface area contributed by atoms with Crippen molar-refractivity contribution in [3.8, 4) is 11.5 Å². The lowest BCUT2D eigenvalue weighted by atomic mass is 9.74. The molecule has 0 radical (unpaired) electrons. The highest BCUT2D eigenvalue weighted by atomic mass is 16.5. The summed E-state index contributed by atoms with van der Waals surface area (Å²) in [5.41, 5.74) is 0.857. The normalized spacial score (nSPS) is 15.5. The van der Waals surface area contributed by atoms with E-state index in [1.54, 1.807) is 38.1 Å². The van der Waals surface area contributed by atoms with Gasteiger partial charge in [0.25, 0.3) is 11.8 Å². The predicted molar refractivity (Wildman–Crippen MR) is 141 cm³/mol. The summed E-state index contributed by atoms with van der Waals surface area (Å²) in [5, 5.41) is 26.0. The third-order valence-electron chi connectivity index (χ3n) is 6.76. The Hall–Kier alpha value is -4.41. The number of benzene rings is 2. The minimum Gasteiger partial charge on any atom is -0.480 e. The number of aliphatic carboxylic acids is 2. The largest absolute Gasteiger partial charge is 0.480 e. The fourth-order valence-corrected chi connectivity index (χ4v) is 4.36. The molecule has 1 aliphatic rings. The molecule has 3 amide bonds. The van der Waals surface area contributed by atoms with Gasteiger partial charge >= 0.3 is 11.9 Å². The number of rotatable bonds is 9. The van der Waals surface area contributed by atoms with Crippen molar-refractivity contribution in [2.45, 2.75) is 65.1 Å². The molecule has 39 heavy (non-hydrogen) atoms. The van der Waals surface area contributed by atoms with Crippen LogP contribution in [-0.2, 0) is 19.8 Å². The van der Waals surface area contributed by atoms with Crippen molar-refractivity contribution in [1.82, 2.24) is 16.0 Å². The standard InChI is InChI=1S/C28H33N3O8/c1-13(2)20(27(37)38)31-25(34)17-10-8-12-19-22(17)39-21-16(9-7-11-18(21)28(19,5)6)24(33)29-14(3)23(32)30-15(4)26(35)36/h7-15,20H,1-6H3,(H,29,33)(H,30,32)(H,31,34)(H,35,36)(H,37,38)/t14-,15-,20-/m0/s1. The third-order valence-corrected chi connectivity index (χ3v) is 6.76. The highest BCUT2D eigenvalue weighted by Crippen LogP contribution is 2.50. The SMILES string of the molecule is CC(C)[C@H](NC(=O)c1cccc2c1Oc1c(C(=O)N[C@@H](C)C(=O)N[C@@H](C)C(=O)O)cccc1C2(C)C)C(=O)O. The number of nitrogens with one attached hydrogen (secondary N) is 3. The number of para-hydroxylation sites is 2. The van der Waals surface area contributed by atoms with Gasteiger partial charge in [-0.2, -0.15) is 0 Å². The number of carboxylic acids is 2. The van der Waals surface area contributed by atoms with Crippen LogP contribution < -0.4 is 20.7 Å². The Morgan fingerprint density at radius 2 is 1.21 bits per heavy atom. The lowest BCUT2D eigenvalue weighted by Gasteiger charge is -2.36. The molecule has 0 saturated carbocycles. The molecule has 0 saturated heterocycles. The van der Waals surface area contributed by atoms with Crippen molar-refractivity contribution in [3.05, 3.63) is 58.7 Å². The molecule has 0 spiro atoms. The molecule has 3 rings (SSSR count). The Morgan fingerprint density at radius 3 is 1.64 bits per heavy atom. The smallest absolute Gasteiger partial charge is 0.326 e. The first-order chi connectivity index (χ1) is 18.2. The molecule has 1 aliphatic heterocycles. The Bertz CT molecular complexity index is 1330. The second kappa shape index (κ2) is 11.1. The van der Waals surface area contributed by atoms with Gasteiger partial charge in [0.15, 0.2) is 0 Å². The Labute approximate surface area is 225 Å². The van der Waals surface area contributed by atoms with E-state index in [0.29, 0.717) is 11.1 Å². The molecule has 11 heteroatoms. The second-order valence-electron chi connectivity index (χ2n) is 10.4. The number of hydrogen-bond acceptors (Lipinski definition) is 6. The van der Waals surface area contributed by atoms with Gasteiger partial charge in [-0.25, -0.2) is 4.79 Å². The summed E-state index contributed by atoms with van der Waals surface area (Å²) in [4.78, 5) is 61.6. The van der Waals surface area contributed by atoms with Crippen molar-refractivity contribution in [1.29, 1.82) is 0 Å². The van der Waals surface area contributed by atoms with Crippen LogP contribution in [0.5, 0.6) is 11.5 Å². The molecule has 11 nitrogen and oxygen atoms in total. The first kappa shape index (κ1) is 29.2. The van der Waals surface area contributed by atoms with Gasteiger partial charge in [0, 0.05) is 16.5 Å².